The van der Waals surface area contributed by atoms with Crippen LogP contribution in [0.5, 0.6) is 0 Å². The first-order valence-electron chi connectivity index (χ1n) is 7.34. The van der Waals surface area contributed by atoms with Gasteiger partial charge in [0.1, 0.15) is 0 Å². The van der Waals surface area contributed by atoms with Crippen molar-refractivity contribution in [1.29, 1.82) is 0 Å². The average Bonchev–Trinajstić information content (AvgIpc) is 2.32. The fraction of sp³-hybridized carbons (Fsp3) is 0.765. The molecule has 0 amide bonds. The number of hydrogen-bond donors (Lipinski definition) is 0. The lowest BCUT2D eigenvalue weighted by Crippen LogP contribution is -2.31. The third-order valence-electron chi connectivity index (χ3n) is 3.43. The summed E-state index contributed by atoms with van der Waals surface area (Å²) in [7, 11) is 0. The van der Waals surface area contributed by atoms with E-state index in [4.69, 9.17) is 9.47 Å². The van der Waals surface area contributed by atoms with Crippen LogP contribution >= 0.6 is 0 Å². The fourth-order valence-corrected chi connectivity index (χ4v) is 2.45. The van der Waals surface area contributed by atoms with Crippen LogP contribution in [0.1, 0.15) is 59.8 Å². The van der Waals surface area contributed by atoms with E-state index in [-0.39, 0.29) is 5.41 Å². The van der Waals surface area contributed by atoms with E-state index in [0.717, 1.165) is 19.3 Å². The zero-order valence-electron chi connectivity index (χ0n) is 13.3. The molecule has 112 valence electrons. The Morgan fingerprint density at radius 3 is 1.79 bits per heavy atom. The van der Waals surface area contributed by atoms with Gasteiger partial charge in [0.2, 0.25) is 0 Å². The van der Waals surface area contributed by atoms with Crippen LogP contribution < -0.4 is 0 Å². The lowest BCUT2D eigenvalue weighted by molar-refractivity contribution is 0.0212. The SMILES string of the molecule is C=COCC(CCC)(CCCC(C)(C)C)COC=C. The smallest absolute Gasteiger partial charge is 0.0961 e. The molecule has 19 heavy (non-hydrogen) atoms. The van der Waals surface area contributed by atoms with E-state index in [2.05, 4.69) is 40.9 Å². The first kappa shape index (κ1) is 18.1. The van der Waals surface area contributed by atoms with Crippen LogP contribution in [0.3, 0.4) is 0 Å². The monoisotopic (exact) mass is 268 g/mol. The van der Waals surface area contributed by atoms with Gasteiger partial charge in [-0.25, -0.2) is 0 Å². The van der Waals surface area contributed by atoms with Gasteiger partial charge in [0, 0.05) is 5.41 Å². The summed E-state index contributed by atoms with van der Waals surface area (Å²) in [5.74, 6) is 0. The van der Waals surface area contributed by atoms with Crippen molar-refractivity contribution in [3.63, 3.8) is 0 Å². The summed E-state index contributed by atoms with van der Waals surface area (Å²) in [5.41, 5.74) is 0.471. The van der Waals surface area contributed by atoms with E-state index < -0.39 is 0 Å². The predicted molar refractivity (Wildman–Crippen MR) is 82.9 cm³/mol. The molecule has 0 aliphatic rings. The summed E-state index contributed by atoms with van der Waals surface area (Å²) in [6.45, 7) is 17.7. The third-order valence-corrected chi connectivity index (χ3v) is 3.43. The largest absolute Gasteiger partial charge is 0.501 e. The van der Waals surface area contributed by atoms with Crippen molar-refractivity contribution in [2.75, 3.05) is 13.2 Å². The van der Waals surface area contributed by atoms with E-state index in [9.17, 15) is 0 Å². The van der Waals surface area contributed by atoms with Crippen LogP contribution in [0.2, 0.25) is 0 Å². The minimum absolute atomic E-state index is 0.0857. The minimum atomic E-state index is 0.0857. The Labute approximate surface area is 119 Å². The van der Waals surface area contributed by atoms with Crippen LogP contribution in [0.4, 0.5) is 0 Å². The minimum Gasteiger partial charge on any atom is -0.501 e. The van der Waals surface area contributed by atoms with Gasteiger partial charge in [-0.15, -0.1) is 0 Å². The normalized spacial score (nSPS) is 12.0. The lowest BCUT2D eigenvalue weighted by atomic mass is 9.78. The molecule has 0 rings (SSSR count). The Morgan fingerprint density at radius 1 is 0.895 bits per heavy atom. The van der Waals surface area contributed by atoms with Gasteiger partial charge in [0.25, 0.3) is 0 Å². The first-order chi connectivity index (χ1) is 8.89. The second kappa shape index (κ2) is 9.06. The van der Waals surface area contributed by atoms with Crippen molar-refractivity contribution in [3.8, 4) is 0 Å². The van der Waals surface area contributed by atoms with Crippen LogP contribution in [0.25, 0.3) is 0 Å². The quantitative estimate of drug-likeness (QED) is 0.473. The van der Waals surface area contributed by atoms with Gasteiger partial charge < -0.3 is 9.47 Å². The highest BCUT2D eigenvalue weighted by atomic mass is 16.5. The molecule has 0 aromatic carbocycles. The van der Waals surface area contributed by atoms with E-state index in [1.807, 2.05) is 0 Å². The molecule has 0 unspecified atom stereocenters. The molecule has 0 atom stereocenters. The molecule has 0 saturated carbocycles. The van der Waals surface area contributed by atoms with Crippen molar-refractivity contribution in [1.82, 2.24) is 0 Å². The summed E-state index contributed by atoms with van der Waals surface area (Å²) >= 11 is 0. The van der Waals surface area contributed by atoms with Crippen LogP contribution in [-0.4, -0.2) is 13.2 Å². The Hall–Kier alpha value is -0.920. The van der Waals surface area contributed by atoms with Gasteiger partial charge in [-0.05, 0) is 24.7 Å². The summed E-state index contributed by atoms with van der Waals surface area (Å²) in [4.78, 5) is 0. The van der Waals surface area contributed by atoms with Crippen molar-refractivity contribution in [2.24, 2.45) is 10.8 Å². The van der Waals surface area contributed by atoms with Gasteiger partial charge in [-0.1, -0.05) is 53.7 Å². The first-order valence-corrected chi connectivity index (χ1v) is 7.34. The molecule has 0 aliphatic heterocycles. The molecule has 0 N–H and O–H groups in total. The standard InChI is InChI=1S/C17H32O2/c1-7-11-17(14-18-8-2,15-19-9-3)13-10-12-16(4,5)6/h8-9H,2-3,7,10-15H2,1,4-6H3. The molecule has 0 spiro atoms. The van der Waals surface area contributed by atoms with Crippen LogP contribution in [0.15, 0.2) is 25.7 Å². The van der Waals surface area contributed by atoms with E-state index in [1.54, 1.807) is 0 Å². The van der Waals surface area contributed by atoms with Crippen molar-refractivity contribution >= 4 is 0 Å². The molecular formula is C17H32O2. The van der Waals surface area contributed by atoms with Gasteiger partial charge in [0.05, 0.1) is 25.7 Å². The van der Waals surface area contributed by atoms with Gasteiger partial charge in [0.15, 0.2) is 0 Å². The molecule has 0 aromatic rings. The molecule has 2 heteroatoms. The summed E-state index contributed by atoms with van der Waals surface area (Å²) in [5, 5.41) is 0. The van der Waals surface area contributed by atoms with Crippen molar-refractivity contribution < 1.29 is 9.47 Å². The molecular weight excluding hydrogens is 236 g/mol. The van der Waals surface area contributed by atoms with Crippen molar-refractivity contribution in [3.05, 3.63) is 25.7 Å². The summed E-state index contributed by atoms with van der Waals surface area (Å²) in [6.07, 6.45) is 8.85. The van der Waals surface area contributed by atoms with Crippen molar-refractivity contribution in [2.45, 2.75) is 59.8 Å². The zero-order chi connectivity index (χ0) is 14.8. The number of ether oxygens (including phenoxy) is 2. The molecule has 0 heterocycles. The second-order valence-electron chi connectivity index (χ2n) is 6.62. The second-order valence-corrected chi connectivity index (χ2v) is 6.62. The van der Waals surface area contributed by atoms with Crippen LogP contribution in [-0.2, 0) is 9.47 Å². The zero-order valence-corrected chi connectivity index (χ0v) is 13.3. The number of rotatable bonds is 11. The Morgan fingerprint density at radius 2 is 1.42 bits per heavy atom. The highest BCUT2D eigenvalue weighted by Gasteiger charge is 2.31. The maximum absolute atomic E-state index is 5.48. The highest BCUT2D eigenvalue weighted by molar-refractivity contribution is 4.81. The summed E-state index contributed by atoms with van der Waals surface area (Å²) < 4.78 is 11.0. The van der Waals surface area contributed by atoms with Gasteiger partial charge >= 0.3 is 0 Å². The van der Waals surface area contributed by atoms with Gasteiger partial charge in [-0.3, -0.25) is 0 Å². The molecule has 0 aromatic heterocycles. The summed E-state index contributed by atoms with van der Waals surface area (Å²) in [6, 6.07) is 0. The predicted octanol–water partition coefficient (Wildman–Crippen LogP) is 5.31. The van der Waals surface area contributed by atoms with E-state index >= 15 is 0 Å². The lowest BCUT2D eigenvalue weighted by Gasteiger charge is -2.33. The Balaban J connectivity index is 4.56. The number of hydrogen-bond acceptors (Lipinski definition) is 2. The Kier molecular flexibility index (Phi) is 8.62. The fourth-order valence-electron chi connectivity index (χ4n) is 2.45. The molecule has 0 radical (unpaired) electrons. The van der Waals surface area contributed by atoms with Crippen LogP contribution in [0, 0.1) is 10.8 Å². The topological polar surface area (TPSA) is 18.5 Å². The Bertz CT molecular complexity index is 238. The van der Waals surface area contributed by atoms with Gasteiger partial charge in [-0.2, -0.15) is 0 Å². The van der Waals surface area contributed by atoms with E-state index in [1.165, 1.54) is 25.4 Å². The average molecular weight is 268 g/mol. The maximum atomic E-state index is 5.48. The maximum Gasteiger partial charge on any atom is 0.0961 e. The molecule has 0 saturated heterocycles. The molecule has 2 nitrogen and oxygen atoms in total. The molecule has 0 fully saturated rings. The van der Waals surface area contributed by atoms with E-state index in [0.29, 0.717) is 18.6 Å². The molecule has 0 bridgehead atoms. The third kappa shape index (κ3) is 8.74. The highest BCUT2D eigenvalue weighted by Crippen LogP contribution is 2.34. The molecule has 0 aliphatic carbocycles.